The Balaban J connectivity index is 0.00000182. The first-order valence-electron chi connectivity index (χ1n) is 9.12. The van der Waals surface area contributed by atoms with Gasteiger partial charge in [-0.25, -0.2) is 0 Å². The van der Waals surface area contributed by atoms with Crippen molar-refractivity contribution >= 4 is 36.4 Å². The minimum atomic E-state index is -0.280. The molecular formula is C21H29Cl2N3O. The molecule has 0 spiro atoms. The molecule has 1 atom stereocenters. The van der Waals surface area contributed by atoms with Gasteiger partial charge >= 0.3 is 0 Å². The summed E-state index contributed by atoms with van der Waals surface area (Å²) in [4.78, 5) is 14.8. The van der Waals surface area contributed by atoms with Crippen LogP contribution in [0.25, 0.3) is 0 Å². The molecule has 1 aliphatic heterocycles. The SMILES string of the molecule is Cl.Cl.NC(CC(=O)Nc1cccc(CN2CCCCC2)c1)c1ccccc1. The lowest BCUT2D eigenvalue weighted by Crippen LogP contribution is -2.29. The van der Waals surface area contributed by atoms with E-state index in [1.54, 1.807) is 0 Å². The molecule has 2 aromatic rings. The van der Waals surface area contributed by atoms with Crippen LogP contribution in [-0.2, 0) is 11.3 Å². The van der Waals surface area contributed by atoms with E-state index >= 15 is 0 Å². The summed E-state index contributed by atoms with van der Waals surface area (Å²) in [6.45, 7) is 3.29. The first-order valence-corrected chi connectivity index (χ1v) is 9.12. The summed E-state index contributed by atoms with van der Waals surface area (Å²) in [5, 5.41) is 2.98. The number of carbonyl (C=O) groups excluding carboxylic acids is 1. The van der Waals surface area contributed by atoms with E-state index in [1.807, 2.05) is 42.5 Å². The quantitative estimate of drug-likeness (QED) is 0.735. The molecule has 1 heterocycles. The molecule has 1 saturated heterocycles. The van der Waals surface area contributed by atoms with Crippen molar-refractivity contribution in [3.8, 4) is 0 Å². The fraction of sp³-hybridized carbons (Fsp3) is 0.381. The fourth-order valence-corrected chi connectivity index (χ4v) is 3.35. The van der Waals surface area contributed by atoms with Gasteiger partial charge in [0.1, 0.15) is 0 Å². The lowest BCUT2D eigenvalue weighted by atomic mass is 10.0. The number of likely N-dealkylation sites (tertiary alicyclic amines) is 1. The van der Waals surface area contributed by atoms with Crippen LogP contribution < -0.4 is 11.1 Å². The number of amides is 1. The van der Waals surface area contributed by atoms with E-state index in [0.29, 0.717) is 0 Å². The molecule has 1 aliphatic rings. The summed E-state index contributed by atoms with van der Waals surface area (Å²) in [6, 6.07) is 17.6. The summed E-state index contributed by atoms with van der Waals surface area (Å²) in [5.74, 6) is -0.0496. The summed E-state index contributed by atoms with van der Waals surface area (Å²) < 4.78 is 0. The van der Waals surface area contributed by atoms with E-state index in [9.17, 15) is 4.79 Å². The Bertz CT molecular complexity index is 691. The molecule has 1 unspecified atom stereocenters. The summed E-state index contributed by atoms with van der Waals surface area (Å²) in [7, 11) is 0. The van der Waals surface area contributed by atoms with Crippen LogP contribution in [0.1, 0.15) is 42.9 Å². The van der Waals surface area contributed by atoms with Crippen molar-refractivity contribution in [2.75, 3.05) is 18.4 Å². The predicted octanol–water partition coefficient (Wildman–Crippen LogP) is 4.54. The van der Waals surface area contributed by atoms with Crippen molar-refractivity contribution in [2.45, 2.75) is 38.3 Å². The predicted molar refractivity (Wildman–Crippen MR) is 117 cm³/mol. The summed E-state index contributed by atoms with van der Waals surface area (Å²) in [5.41, 5.74) is 9.21. The Labute approximate surface area is 174 Å². The highest BCUT2D eigenvalue weighted by Crippen LogP contribution is 2.18. The van der Waals surface area contributed by atoms with E-state index in [1.165, 1.54) is 37.9 Å². The molecular weight excluding hydrogens is 381 g/mol. The molecule has 0 saturated carbocycles. The maximum atomic E-state index is 12.3. The molecule has 27 heavy (non-hydrogen) atoms. The Morgan fingerprint density at radius 1 is 1.00 bits per heavy atom. The van der Waals surface area contributed by atoms with E-state index in [4.69, 9.17) is 5.73 Å². The van der Waals surface area contributed by atoms with Gasteiger partial charge in [-0.3, -0.25) is 9.69 Å². The lowest BCUT2D eigenvalue weighted by molar-refractivity contribution is -0.116. The van der Waals surface area contributed by atoms with E-state index in [-0.39, 0.29) is 43.2 Å². The highest BCUT2D eigenvalue weighted by Gasteiger charge is 2.13. The first-order chi connectivity index (χ1) is 12.2. The number of halogens is 2. The highest BCUT2D eigenvalue weighted by atomic mass is 35.5. The zero-order valence-corrected chi connectivity index (χ0v) is 17.1. The average Bonchev–Trinajstić information content (AvgIpc) is 2.63. The molecule has 4 nitrogen and oxygen atoms in total. The van der Waals surface area contributed by atoms with Crippen LogP contribution in [0.2, 0.25) is 0 Å². The van der Waals surface area contributed by atoms with Gasteiger partial charge < -0.3 is 11.1 Å². The zero-order chi connectivity index (χ0) is 17.5. The second kappa shape index (κ2) is 12.0. The maximum Gasteiger partial charge on any atom is 0.226 e. The number of carbonyl (C=O) groups is 1. The second-order valence-corrected chi connectivity index (χ2v) is 6.81. The standard InChI is InChI=1S/C21H27N3O.2ClH/c22-20(18-9-3-1-4-10-18)15-21(25)23-19-11-7-8-17(14-19)16-24-12-5-2-6-13-24;;/h1,3-4,7-11,14,20H,2,5-6,12-13,15-16,22H2,(H,23,25);2*1H. The molecule has 1 fully saturated rings. The monoisotopic (exact) mass is 409 g/mol. The van der Waals surface area contributed by atoms with Gasteiger partial charge in [0.05, 0.1) is 0 Å². The Morgan fingerprint density at radius 2 is 1.70 bits per heavy atom. The number of nitrogens with zero attached hydrogens (tertiary/aromatic N) is 1. The number of piperidine rings is 1. The second-order valence-electron chi connectivity index (χ2n) is 6.81. The zero-order valence-electron chi connectivity index (χ0n) is 15.5. The number of hydrogen-bond acceptors (Lipinski definition) is 3. The minimum absolute atomic E-state index is 0. The Kier molecular flexibility index (Phi) is 10.4. The lowest BCUT2D eigenvalue weighted by Gasteiger charge is -2.26. The van der Waals surface area contributed by atoms with Gasteiger partial charge in [0.15, 0.2) is 0 Å². The number of nitrogens with one attached hydrogen (secondary N) is 1. The number of anilines is 1. The van der Waals surface area contributed by atoms with Crippen molar-refractivity contribution in [1.29, 1.82) is 0 Å². The van der Waals surface area contributed by atoms with Crippen LogP contribution in [0, 0.1) is 0 Å². The highest BCUT2D eigenvalue weighted by molar-refractivity contribution is 5.91. The number of rotatable bonds is 6. The van der Waals surface area contributed by atoms with Crippen molar-refractivity contribution in [2.24, 2.45) is 5.73 Å². The third-order valence-electron chi connectivity index (χ3n) is 4.70. The van der Waals surface area contributed by atoms with Crippen LogP contribution in [0.3, 0.4) is 0 Å². The Morgan fingerprint density at radius 3 is 2.41 bits per heavy atom. The molecule has 3 rings (SSSR count). The first kappa shape index (κ1) is 23.4. The van der Waals surface area contributed by atoms with Crippen LogP contribution in [0.4, 0.5) is 5.69 Å². The van der Waals surface area contributed by atoms with Crippen molar-refractivity contribution in [3.05, 3.63) is 65.7 Å². The van der Waals surface area contributed by atoms with E-state index in [0.717, 1.165) is 17.8 Å². The molecule has 2 aromatic carbocycles. The van der Waals surface area contributed by atoms with Crippen LogP contribution in [-0.4, -0.2) is 23.9 Å². The molecule has 0 aromatic heterocycles. The fourth-order valence-electron chi connectivity index (χ4n) is 3.35. The normalized spacial score (nSPS) is 15.1. The van der Waals surface area contributed by atoms with Crippen molar-refractivity contribution in [1.82, 2.24) is 4.90 Å². The van der Waals surface area contributed by atoms with E-state index in [2.05, 4.69) is 22.3 Å². The average molecular weight is 410 g/mol. The van der Waals surface area contributed by atoms with Crippen LogP contribution in [0.15, 0.2) is 54.6 Å². The molecule has 3 N–H and O–H groups in total. The Hall–Kier alpha value is -1.59. The van der Waals surface area contributed by atoms with Crippen molar-refractivity contribution in [3.63, 3.8) is 0 Å². The number of benzene rings is 2. The molecule has 0 radical (unpaired) electrons. The van der Waals surface area contributed by atoms with Crippen LogP contribution in [0.5, 0.6) is 0 Å². The van der Waals surface area contributed by atoms with Crippen molar-refractivity contribution < 1.29 is 4.79 Å². The molecule has 148 valence electrons. The molecule has 0 bridgehead atoms. The third-order valence-corrected chi connectivity index (χ3v) is 4.70. The smallest absolute Gasteiger partial charge is 0.226 e. The minimum Gasteiger partial charge on any atom is -0.326 e. The van der Waals surface area contributed by atoms with Crippen LogP contribution >= 0.6 is 24.8 Å². The van der Waals surface area contributed by atoms with E-state index < -0.39 is 0 Å². The third kappa shape index (κ3) is 7.51. The van der Waals surface area contributed by atoms with Gasteiger partial charge in [0.2, 0.25) is 5.91 Å². The molecule has 0 aliphatic carbocycles. The van der Waals surface area contributed by atoms with Gasteiger partial charge in [0, 0.05) is 24.7 Å². The van der Waals surface area contributed by atoms with Gasteiger partial charge in [0.25, 0.3) is 0 Å². The number of hydrogen-bond donors (Lipinski definition) is 2. The molecule has 6 heteroatoms. The summed E-state index contributed by atoms with van der Waals surface area (Å²) in [6.07, 6.45) is 4.19. The largest absolute Gasteiger partial charge is 0.326 e. The number of nitrogens with two attached hydrogens (primary N) is 1. The summed E-state index contributed by atoms with van der Waals surface area (Å²) >= 11 is 0. The molecule has 1 amide bonds. The van der Waals surface area contributed by atoms with Gasteiger partial charge in [-0.15, -0.1) is 24.8 Å². The van der Waals surface area contributed by atoms with Gasteiger partial charge in [-0.2, -0.15) is 0 Å². The maximum absolute atomic E-state index is 12.3. The van der Waals surface area contributed by atoms with Gasteiger partial charge in [-0.1, -0.05) is 48.9 Å². The van der Waals surface area contributed by atoms with Gasteiger partial charge in [-0.05, 0) is 49.2 Å². The topological polar surface area (TPSA) is 58.4 Å².